The van der Waals surface area contributed by atoms with E-state index in [0.29, 0.717) is 32.6 Å². The van der Waals surface area contributed by atoms with E-state index >= 15 is 0 Å². The number of aryl methyl sites for hydroxylation is 1. The van der Waals surface area contributed by atoms with Crippen LogP contribution in [0.15, 0.2) is 52.9 Å². The van der Waals surface area contributed by atoms with E-state index in [2.05, 4.69) is 5.32 Å². The Hall–Kier alpha value is -2.76. The fourth-order valence-electron chi connectivity index (χ4n) is 2.41. The summed E-state index contributed by atoms with van der Waals surface area (Å²) in [6.07, 6.45) is 0. The minimum absolute atomic E-state index is 0.104. The van der Waals surface area contributed by atoms with E-state index in [1.54, 1.807) is 31.2 Å². The average Bonchev–Trinajstić information content (AvgIpc) is 3.06. The first-order valence-electron chi connectivity index (χ1n) is 7.55. The Balaban J connectivity index is 1.81. The third-order valence-electron chi connectivity index (χ3n) is 3.75. The van der Waals surface area contributed by atoms with Crippen molar-refractivity contribution in [2.24, 2.45) is 0 Å². The van der Waals surface area contributed by atoms with Gasteiger partial charge < -0.3 is 14.8 Å². The smallest absolute Gasteiger partial charge is 0.335 e. The van der Waals surface area contributed by atoms with Crippen LogP contribution in [0.5, 0.6) is 0 Å². The highest BCUT2D eigenvalue weighted by Gasteiger charge is 2.15. The monoisotopic (exact) mass is 389 g/mol. The third kappa shape index (κ3) is 3.74. The van der Waals surface area contributed by atoms with Crippen molar-refractivity contribution in [1.82, 2.24) is 0 Å². The number of carboxylic acids is 1. The molecule has 0 aliphatic heterocycles. The predicted molar refractivity (Wildman–Crippen MR) is 100 cm³/mol. The van der Waals surface area contributed by atoms with Crippen LogP contribution in [0.25, 0.3) is 11.3 Å². The molecule has 2 aromatic carbocycles. The number of benzene rings is 2. The second-order valence-electron chi connectivity index (χ2n) is 5.58. The first-order chi connectivity index (χ1) is 12.3. The minimum Gasteiger partial charge on any atom is -0.478 e. The molecule has 0 atom stereocenters. The molecule has 1 aromatic heterocycles. The summed E-state index contributed by atoms with van der Waals surface area (Å²) in [6, 6.07) is 12.6. The number of rotatable bonds is 4. The molecule has 0 aliphatic carbocycles. The molecular weight excluding hydrogens is 377 g/mol. The third-order valence-corrected chi connectivity index (χ3v) is 4.30. The minimum atomic E-state index is -1.03. The van der Waals surface area contributed by atoms with Crippen molar-refractivity contribution in [3.05, 3.63) is 75.5 Å². The van der Waals surface area contributed by atoms with E-state index < -0.39 is 11.9 Å². The summed E-state index contributed by atoms with van der Waals surface area (Å²) < 4.78 is 5.59. The molecule has 2 N–H and O–H groups in total. The van der Waals surface area contributed by atoms with Gasteiger partial charge in [0.15, 0.2) is 5.76 Å². The van der Waals surface area contributed by atoms with Crippen molar-refractivity contribution >= 4 is 40.8 Å². The lowest BCUT2D eigenvalue weighted by molar-refractivity contribution is 0.0696. The first-order valence-corrected chi connectivity index (χ1v) is 8.31. The van der Waals surface area contributed by atoms with E-state index in [-0.39, 0.29) is 11.3 Å². The fourth-order valence-corrected chi connectivity index (χ4v) is 2.92. The van der Waals surface area contributed by atoms with Crippen LogP contribution in [0.1, 0.15) is 26.5 Å². The number of halogens is 2. The van der Waals surface area contributed by atoms with Crippen molar-refractivity contribution in [2.45, 2.75) is 6.92 Å². The fraction of sp³-hybridized carbons (Fsp3) is 0.0526. The lowest BCUT2D eigenvalue weighted by Gasteiger charge is -2.08. The highest BCUT2D eigenvalue weighted by Crippen LogP contribution is 2.31. The number of carbonyl (C=O) groups is 2. The van der Waals surface area contributed by atoms with Crippen LogP contribution in [0.3, 0.4) is 0 Å². The number of hydrogen-bond acceptors (Lipinski definition) is 3. The highest BCUT2D eigenvalue weighted by atomic mass is 35.5. The zero-order valence-corrected chi connectivity index (χ0v) is 15.1. The molecule has 0 aliphatic rings. The molecule has 0 saturated carbocycles. The zero-order valence-electron chi connectivity index (χ0n) is 13.5. The van der Waals surface area contributed by atoms with Crippen LogP contribution in [0.2, 0.25) is 10.0 Å². The number of hydrogen-bond donors (Lipinski definition) is 2. The quantitative estimate of drug-likeness (QED) is 0.616. The number of carbonyl (C=O) groups excluding carboxylic acids is 1. The summed E-state index contributed by atoms with van der Waals surface area (Å²) in [4.78, 5) is 23.4. The topological polar surface area (TPSA) is 79.5 Å². The molecule has 132 valence electrons. The van der Waals surface area contributed by atoms with Crippen LogP contribution in [0, 0.1) is 6.92 Å². The molecule has 0 spiro atoms. The van der Waals surface area contributed by atoms with Crippen LogP contribution in [-0.4, -0.2) is 17.0 Å². The summed E-state index contributed by atoms with van der Waals surface area (Å²) in [5.74, 6) is -0.934. The maximum absolute atomic E-state index is 12.4. The molecule has 0 saturated heterocycles. The van der Waals surface area contributed by atoms with Gasteiger partial charge in [-0.15, -0.1) is 0 Å². The number of nitrogens with one attached hydrogen (secondary N) is 1. The molecule has 1 heterocycles. The summed E-state index contributed by atoms with van der Waals surface area (Å²) in [5, 5.41) is 12.6. The van der Waals surface area contributed by atoms with Crippen LogP contribution in [0.4, 0.5) is 5.69 Å². The Morgan fingerprint density at radius 1 is 1.04 bits per heavy atom. The molecular formula is C19H13Cl2NO4. The molecule has 3 aromatic rings. The van der Waals surface area contributed by atoms with Gasteiger partial charge in [0, 0.05) is 16.3 Å². The largest absolute Gasteiger partial charge is 0.478 e. The van der Waals surface area contributed by atoms with E-state index in [1.165, 1.54) is 24.3 Å². The number of anilines is 1. The molecule has 7 heteroatoms. The Labute approximate surface area is 159 Å². The van der Waals surface area contributed by atoms with Gasteiger partial charge in [0.05, 0.1) is 10.6 Å². The molecule has 3 rings (SSSR count). The van der Waals surface area contributed by atoms with Gasteiger partial charge in [-0.2, -0.15) is 0 Å². The predicted octanol–water partition coefficient (Wildman–Crippen LogP) is 5.51. The summed E-state index contributed by atoms with van der Waals surface area (Å²) in [6.45, 7) is 1.71. The van der Waals surface area contributed by atoms with Crippen molar-refractivity contribution < 1.29 is 19.1 Å². The highest BCUT2D eigenvalue weighted by molar-refractivity contribution is 6.36. The van der Waals surface area contributed by atoms with E-state index in [0.717, 1.165) is 0 Å². The van der Waals surface area contributed by atoms with Crippen LogP contribution >= 0.6 is 23.2 Å². The second-order valence-corrected chi connectivity index (χ2v) is 6.42. The molecule has 5 nitrogen and oxygen atoms in total. The van der Waals surface area contributed by atoms with Crippen molar-refractivity contribution in [3.63, 3.8) is 0 Å². The summed E-state index contributed by atoms with van der Waals surface area (Å²) >= 11 is 12.0. The molecule has 0 fully saturated rings. The molecule has 0 radical (unpaired) electrons. The van der Waals surface area contributed by atoms with E-state index in [9.17, 15) is 9.59 Å². The Morgan fingerprint density at radius 3 is 2.46 bits per heavy atom. The number of furan rings is 1. The summed E-state index contributed by atoms with van der Waals surface area (Å²) in [5.41, 5.74) is 1.91. The SMILES string of the molecule is Cc1cc(C(=O)O)ccc1NC(=O)c1ccc(-c2ccc(Cl)cc2Cl)o1. The van der Waals surface area contributed by atoms with Gasteiger partial charge in [0.2, 0.25) is 0 Å². The van der Waals surface area contributed by atoms with E-state index in [4.69, 9.17) is 32.7 Å². The van der Waals surface area contributed by atoms with Crippen LogP contribution < -0.4 is 5.32 Å². The second kappa shape index (κ2) is 7.23. The number of carboxylic acid groups (broad SMARTS) is 1. The molecule has 1 amide bonds. The van der Waals surface area contributed by atoms with Gasteiger partial charge in [-0.05, 0) is 61.0 Å². The molecule has 0 unspecified atom stereocenters. The Kier molecular flexibility index (Phi) is 5.02. The lowest BCUT2D eigenvalue weighted by atomic mass is 10.1. The Bertz CT molecular complexity index is 1010. The van der Waals surface area contributed by atoms with Crippen molar-refractivity contribution in [2.75, 3.05) is 5.32 Å². The maximum Gasteiger partial charge on any atom is 0.335 e. The molecule has 26 heavy (non-hydrogen) atoms. The lowest BCUT2D eigenvalue weighted by Crippen LogP contribution is -2.12. The zero-order chi connectivity index (χ0) is 18.8. The van der Waals surface area contributed by atoms with Gasteiger partial charge in [-0.1, -0.05) is 23.2 Å². The first kappa shape index (κ1) is 18.0. The van der Waals surface area contributed by atoms with Gasteiger partial charge in [0.1, 0.15) is 5.76 Å². The number of aromatic carboxylic acids is 1. The van der Waals surface area contributed by atoms with Crippen molar-refractivity contribution in [1.29, 1.82) is 0 Å². The normalized spacial score (nSPS) is 10.6. The van der Waals surface area contributed by atoms with E-state index in [1.807, 2.05) is 0 Å². The summed E-state index contributed by atoms with van der Waals surface area (Å²) in [7, 11) is 0. The van der Waals surface area contributed by atoms with Gasteiger partial charge >= 0.3 is 5.97 Å². The van der Waals surface area contributed by atoms with Crippen molar-refractivity contribution in [3.8, 4) is 11.3 Å². The van der Waals surface area contributed by atoms with Gasteiger partial charge in [-0.3, -0.25) is 4.79 Å². The Morgan fingerprint density at radius 2 is 1.81 bits per heavy atom. The van der Waals surface area contributed by atoms with Gasteiger partial charge in [-0.25, -0.2) is 4.79 Å². The molecule has 0 bridgehead atoms. The maximum atomic E-state index is 12.4. The van der Waals surface area contributed by atoms with Gasteiger partial charge in [0.25, 0.3) is 5.91 Å². The average molecular weight is 390 g/mol. The van der Waals surface area contributed by atoms with Crippen LogP contribution in [-0.2, 0) is 0 Å². The number of amides is 1. The standard InChI is InChI=1S/C19H13Cl2NO4/c1-10-8-11(19(24)25)2-5-15(10)22-18(23)17-7-6-16(26-17)13-4-3-12(20)9-14(13)21/h2-9H,1H3,(H,22,23)(H,24,25).